The average molecular weight is 367 g/mol. The summed E-state index contributed by atoms with van der Waals surface area (Å²) in [5.74, 6) is -0.248. The van der Waals surface area contributed by atoms with E-state index in [1.54, 1.807) is 31.5 Å². The van der Waals surface area contributed by atoms with Crippen molar-refractivity contribution >= 4 is 23.5 Å². The lowest BCUT2D eigenvalue weighted by Crippen LogP contribution is -2.43. The zero-order chi connectivity index (χ0) is 19.8. The maximum Gasteiger partial charge on any atom is 0.321 e. The van der Waals surface area contributed by atoms with Crippen LogP contribution in [0.4, 0.5) is 10.5 Å². The lowest BCUT2D eigenvalue weighted by Gasteiger charge is -2.13. The number of Topliss-reactive ketones (excluding diaryl/α,β-unsaturated/α-hetero) is 1. The minimum Gasteiger partial charge on any atom is -0.369 e. The van der Waals surface area contributed by atoms with Crippen LogP contribution in [0, 0.1) is 5.92 Å². The summed E-state index contributed by atoms with van der Waals surface area (Å²) >= 11 is 0. The second-order valence-corrected chi connectivity index (χ2v) is 6.13. The molecule has 2 amide bonds. The molecular weight excluding hydrogens is 342 g/mol. The van der Waals surface area contributed by atoms with Gasteiger partial charge in [-0.05, 0) is 37.1 Å². The van der Waals surface area contributed by atoms with Gasteiger partial charge >= 0.3 is 6.03 Å². The maximum atomic E-state index is 12.9. The Balaban J connectivity index is 2.44. The van der Waals surface area contributed by atoms with Crippen LogP contribution in [0.2, 0.25) is 0 Å². The lowest BCUT2D eigenvalue weighted by molar-refractivity contribution is 0.0928. The lowest BCUT2D eigenvalue weighted by atomic mass is 9.93. The van der Waals surface area contributed by atoms with Gasteiger partial charge in [-0.25, -0.2) is 9.79 Å². The van der Waals surface area contributed by atoms with Crippen molar-refractivity contribution < 1.29 is 9.59 Å². The number of pyridine rings is 1. The number of hydrogen-bond donors (Lipinski definition) is 3. The average Bonchev–Trinajstić information content (AvgIpc) is 2.67. The summed E-state index contributed by atoms with van der Waals surface area (Å²) in [6.45, 7) is 6.11. The molecule has 0 aliphatic heterocycles. The Morgan fingerprint density at radius 1 is 1.22 bits per heavy atom. The molecule has 0 fully saturated rings. The first-order chi connectivity index (χ1) is 13.0. The van der Waals surface area contributed by atoms with Crippen LogP contribution in [0.1, 0.15) is 37.6 Å². The number of carbonyl (C=O) groups is 2. The first-order valence-electron chi connectivity index (χ1n) is 8.93. The Kier molecular flexibility index (Phi) is 7.05. The van der Waals surface area contributed by atoms with E-state index in [2.05, 4.69) is 20.6 Å². The number of rotatable bonds is 6. The van der Waals surface area contributed by atoms with Gasteiger partial charge in [-0.2, -0.15) is 0 Å². The van der Waals surface area contributed by atoms with E-state index in [1.165, 1.54) is 0 Å². The van der Waals surface area contributed by atoms with Gasteiger partial charge in [-0.15, -0.1) is 0 Å². The maximum absolute atomic E-state index is 12.9. The molecule has 7 nitrogen and oxygen atoms in total. The number of amides is 2. The molecule has 1 heterocycles. The molecule has 27 heavy (non-hydrogen) atoms. The van der Waals surface area contributed by atoms with Crippen molar-refractivity contribution in [3.8, 4) is 11.1 Å². The fourth-order valence-electron chi connectivity index (χ4n) is 2.47. The molecule has 1 aromatic carbocycles. The zero-order valence-corrected chi connectivity index (χ0v) is 15.8. The number of nitrogens with one attached hydrogen (secondary N) is 2. The van der Waals surface area contributed by atoms with Crippen molar-refractivity contribution in [3.63, 3.8) is 0 Å². The third-order valence-corrected chi connectivity index (χ3v) is 4.14. The van der Waals surface area contributed by atoms with Crippen LogP contribution >= 0.6 is 0 Å². The first-order valence-corrected chi connectivity index (χ1v) is 8.93. The highest BCUT2D eigenvalue weighted by Crippen LogP contribution is 2.29. The number of ketones is 1. The first kappa shape index (κ1) is 20.1. The Morgan fingerprint density at radius 3 is 2.63 bits per heavy atom. The van der Waals surface area contributed by atoms with Crippen molar-refractivity contribution in [2.24, 2.45) is 16.6 Å². The summed E-state index contributed by atoms with van der Waals surface area (Å²) in [4.78, 5) is 32.8. The molecule has 0 saturated heterocycles. The second kappa shape index (κ2) is 9.47. The quantitative estimate of drug-likeness (QED) is 0.413. The monoisotopic (exact) mass is 367 g/mol. The molecule has 1 atom stereocenters. The molecule has 1 unspecified atom stereocenters. The molecule has 2 rings (SSSR count). The minimum atomic E-state index is -0.444. The summed E-state index contributed by atoms with van der Waals surface area (Å²) in [6.07, 6.45) is 4.15. The van der Waals surface area contributed by atoms with E-state index in [1.807, 2.05) is 32.0 Å². The van der Waals surface area contributed by atoms with Crippen LogP contribution < -0.4 is 16.4 Å². The Bertz CT molecular complexity index is 834. The van der Waals surface area contributed by atoms with Gasteiger partial charge in [0.25, 0.3) is 0 Å². The molecule has 0 aliphatic rings. The molecule has 1 aromatic heterocycles. The number of carbonyl (C=O) groups excluding carboxylic acids is 2. The molecule has 0 radical (unpaired) electrons. The van der Waals surface area contributed by atoms with Crippen LogP contribution in [0.3, 0.4) is 0 Å². The van der Waals surface area contributed by atoms with Gasteiger partial charge in [0.15, 0.2) is 5.78 Å². The summed E-state index contributed by atoms with van der Waals surface area (Å²) in [7, 11) is 0. The fourth-order valence-corrected chi connectivity index (χ4v) is 2.47. The summed E-state index contributed by atoms with van der Waals surface area (Å²) in [5.41, 5.74) is 8.47. The normalized spacial score (nSPS) is 12.3. The molecule has 0 aliphatic carbocycles. The van der Waals surface area contributed by atoms with E-state index in [4.69, 9.17) is 5.73 Å². The highest BCUT2D eigenvalue weighted by Gasteiger charge is 2.18. The Labute approximate surface area is 159 Å². The van der Waals surface area contributed by atoms with Crippen molar-refractivity contribution in [1.29, 1.82) is 0 Å². The number of nitrogens with two attached hydrogens (primary N) is 1. The molecule has 0 bridgehead atoms. The smallest absolute Gasteiger partial charge is 0.321 e. The number of urea groups is 1. The van der Waals surface area contributed by atoms with E-state index in [-0.39, 0.29) is 17.7 Å². The van der Waals surface area contributed by atoms with E-state index < -0.39 is 6.03 Å². The highest BCUT2D eigenvalue weighted by molar-refractivity contribution is 6.04. The summed E-state index contributed by atoms with van der Waals surface area (Å²) < 4.78 is 0. The van der Waals surface area contributed by atoms with Crippen molar-refractivity contribution in [1.82, 2.24) is 15.6 Å². The van der Waals surface area contributed by atoms with Gasteiger partial charge in [-0.3, -0.25) is 15.1 Å². The van der Waals surface area contributed by atoms with E-state index in [0.29, 0.717) is 24.2 Å². The van der Waals surface area contributed by atoms with E-state index in [9.17, 15) is 9.59 Å². The molecule has 142 valence electrons. The molecular formula is C20H25N5O2. The molecule has 4 N–H and O–H groups in total. The standard InChI is InChI=1S/C20H25N5O2/c1-4-13(3)18(26)16-11-14(15-7-6-10-22-12-15)8-9-17(16)24-19(21)25-20(27)23-5-2/h6-13H,4-5H2,1-3H3,(H4,21,23,24,25,27). The van der Waals surface area contributed by atoms with Crippen LogP contribution in [-0.4, -0.2) is 29.3 Å². The van der Waals surface area contributed by atoms with Crippen LogP contribution in [0.25, 0.3) is 11.1 Å². The highest BCUT2D eigenvalue weighted by atomic mass is 16.2. The molecule has 0 saturated carbocycles. The third-order valence-electron chi connectivity index (χ3n) is 4.14. The number of hydrogen-bond acceptors (Lipinski definition) is 4. The number of guanidine groups is 1. The minimum absolute atomic E-state index is 0.0206. The van der Waals surface area contributed by atoms with E-state index >= 15 is 0 Å². The van der Waals surface area contributed by atoms with Crippen LogP contribution in [0.15, 0.2) is 47.7 Å². The fraction of sp³-hybridized carbons (Fsp3) is 0.300. The number of aromatic nitrogens is 1. The van der Waals surface area contributed by atoms with Gasteiger partial charge in [0.2, 0.25) is 5.96 Å². The SMILES string of the molecule is CCNC(=O)NC(N)=Nc1ccc(-c2cccnc2)cc1C(=O)C(C)CC. The molecule has 0 spiro atoms. The molecule has 7 heteroatoms. The third kappa shape index (κ3) is 5.37. The molecule has 2 aromatic rings. The summed E-state index contributed by atoms with van der Waals surface area (Å²) in [5, 5.41) is 5.01. The number of benzene rings is 1. The van der Waals surface area contributed by atoms with Gasteiger partial charge < -0.3 is 11.1 Å². The second-order valence-electron chi connectivity index (χ2n) is 6.13. The Hall–Kier alpha value is -3.22. The van der Waals surface area contributed by atoms with Crippen LogP contribution in [0.5, 0.6) is 0 Å². The predicted molar refractivity (Wildman–Crippen MR) is 107 cm³/mol. The van der Waals surface area contributed by atoms with Gasteiger partial charge in [0.1, 0.15) is 0 Å². The topological polar surface area (TPSA) is 109 Å². The van der Waals surface area contributed by atoms with Crippen molar-refractivity contribution in [3.05, 3.63) is 48.3 Å². The summed E-state index contributed by atoms with van der Waals surface area (Å²) in [6, 6.07) is 8.69. The zero-order valence-electron chi connectivity index (χ0n) is 15.8. The Morgan fingerprint density at radius 2 is 2.00 bits per heavy atom. The van der Waals surface area contributed by atoms with Gasteiger partial charge in [0, 0.05) is 36.0 Å². The van der Waals surface area contributed by atoms with Crippen LogP contribution in [-0.2, 0) is 0 Å². The largest absolute Gasteiger partial charge is 0.369 e. The van der Waals surface area contributed by atoms with Crippen molar-refractivity contribution in [2.45, 2.75) is 27.2 Å². The van der Waals surface area contributed by atoms with Gasteiger partial charge in [0.05, 0.1) is 5.69 Å². The van der Waals surface area contributed by atoms with Crippen molar-refractivity contribution in [2.75, 3.05) is 6.54 Å². The predicted octanol–water partition coefficient (Wildman–Crippen LogP) is 3.24. The number of nitrogens with zero attached hydrogens (tertiary/aromatic N) is 2. The number of aliphatic imine (C=N–C) groups is 1. The van der Waals surface area contributed by atoms with Gasteiger partial charge in [-0.1, -0.05) is 26.0 Å². The van der Waals surface area contributed by atoms with E-state index in [0.717, 1.165) is 11.1 Å².